The Kier molecular flexibility index (Phi) is 3.64. The fourth-order valence-electron chi connectivity index (χ4n) is 2.51. The fraction of sp³-hybridized carbons (Fsp3) is 0.538. The van der Waals surface area contributed by atoms with Crippen LogP contribution in [0.4, 0.5) is 0 Å². The van der Waals surface area contributed by atoms with Crippen LogP contribution in [0.15, 0.2) is 16.6 Å². The van der Waals surface area contributed by atoms with Crippen LogP contribution in [0.5, 0.6) is 11.5 Å². The highest BCUT2D eigenvalue weighted by Crippen LogP contribution is 2.49. The van der Waals surface area contributed by atoms with Crippen LogP contribution in [-0.2, 0) is 5.41 Å². The van der Waals surface area contributed by atoms with E-state index in [4.69, 9.17) is 15.2 Å². The summed E-state index contributed by atoms with van der Waals surface area (Å²) in [5.41, 5.74) is 7.19. The van der Waals surface area contributed by atoms with Gasteiger partial charge in [-0.3, -0.25) is 0 Å². The van der Waals surface area contributed by atoms with Crippen LogP contribution in [0.25, 0.3) is 0 Å². The van der Waals surface area contributed by atoms with Gasteiger partial charge in [-0.25, -0.2) is 0 Å². The molecule has 1 aromatic carbocycles. The summed E-state index contributed by atoms with van der Waals surface area (Å²) in [5, 5.41) is 0. The normalized spacial score (nSPS) is 17.4. The van der Waals surface area contributed by atoms with Gasteiger partial charge in [-0.1, -0.05) is 22.4 Å². The van der Waals surface area contributed by atoms with Gasteiger partial charge in [0.15, 0.2) is 11.5 Å². The first kappa shape index (κ1) is 12.7. The summed E-state index contributed by atoms with van der Waals surface area (Å²) < 4.78 is 11.9. The molecule has 0 amide bonds. The molecule has 0 aliphatic heterocycles. The van der Waals surface area contributed by atoms with Crippen LogP contribution >= 0.6 is 15.9 Å². The van der Waals surface area contributed by atoms with Gasteiger partial charge in [-0.2, -0.15) is 0 Å². The first-order chi connectivity index (χ1) is 8.16. The molecule has 0 heterocycles. The Hall–Kier alpha value is -0.740. The number of nitrogens with two attached hydrogens (primary N) is 1. The Labute approximate surface area is 110 Å². The third kappa shape index (κ3) is 2.04. The minimum atomic E-state index is 0.0718. The van der Waals surface area contributed by atoms with Crippen LogP contribution < -0.4 is 15.2 Å². The number of rotatable bonds is 4. The van der Waals surface area contributed by atoms with Crippen molar-refractivity contribution in [2.45, 2.75) is 24.7 Å². The van der Waals surface area contributed by atoms with E-state index in [9.17, 15) is 0 Å². The molecule has 2 N–H and O–H groups in total. The predicted molar refractivity (Wildman–Crippen MR) is 71.8 cm³/mol. The van der Waals surface area contributed by atoms with Gasteiger partial charge in [-0.05, 0) is 25.0 Å². The standard InChI is InChI=1S/C13H18BrNO2/c1-16-11-7-9(14)6-10(12(11)17-2)13(8-15)4-3-5-13/h6-7H,3-5,8,15H2,1-2H3. The van der Waals surface area contributed by atoms with E-state index in [2.05, 4.69) is 22.0 Å². The van der Waals surface area contributed by atoms with Crippen molar-refractivity contribution in [2.24, 2.45) is 5.73 Å². The van der Waals surface area contributed by atoms with Crippen LogP contribution in [0.3, 0.4) is 0 Å². The molecule has 17 heavy (non-hydrogen) atoms. The third-order valence-electron chi connectivity index (χ3n) is 3.72. The maximum absolute atomic E-state index is 5.95. The first-order valence-corrected chi connectivity index (χ1v) is 6.58. The van der Waals surface area contributed by atoms with Crippen molar-refractivity contribution in [3.05, 3.63) is 22.2 Å². The molecule has 1 aliphatic carbocycles. The van der Waals surface area contributed by atoms with Crippen molar-refractivity contribution in [3.63, 3.8) is 0 Å². The molecule has 0 unspecified atom stereocenters. The lowest BCUT2D eigenvalue weighted by molar-refractivity contribution is 0.240. The maximum Gasteiger partial charge on any atom is 0.164 e. The van der Waals surface area contributed by atoms with Crippen molar-refractivity contribution in [2.75, 3.05) is 20.8 Å². The SMILES string of the molecule is COc1cc(Br)cc(C2(CN)CCC2)c1OC. The second-order valence-corrected chi connectivity index (χ2v) is 5.44. The zero-order valence-electron chi connectivity index (χ0n) is 10.3. The Bertz CT molecular complexity index is 411. The molecule has 3 nitrogen and oxygen atoms in total. The average molecular weight is 300 g/mol. The smallest absolute Gasteiger partial charge is 0.164 e. The molecule has 1 fully saturated rings. The Morgan fingerprint density at radius 2 is 2.00 bits per heavy atom. The third-order valence-corrected chi connectivity index (χ3v) is 4.17. The molecule has 4 heteroatoms. The van der Waals surface area contributed by atoms with Gasteiger partial charge in [-0.15, -0.1) is 0 Å². The van der Waals surface area contributed by atoms with Gasteiger partial charge in [0.25, 0.3) is 0 Å². The van der Waals surface area contributed by atoms with Gasteiger partial charge >= 0.3 is 0 Å². The Morgan fingerprint density at radius 1 is 1.29 bits per heavy atom. The van der Waals surface area contributed by atoms with Gasteiger partial charge in [0, 0.05) is 22.0 Å². The minimum Gasteiger partial charge on any atom is -0.493 e. The number of benzene rings is 1. The highest BCUT2D eigenvalue weighted by molar-refractivity contribution is 9.10. The summed E-state index contributed by atoms with van der Waals surface area (Å²) in [4.78, 5) is 0. The summed E-state index contributed by atoms with van der Waals surface area (Å²) in [5.74, 6) is 1.58. The number of methoxy groups -OCH3 is 2. The Balaban J connectivity index is 2.55. The van der Waals surface area contributed by atoms with E-state index in [0.717, 1.165) is 28.8 Å². The Morgan fingerprint density at radius 3 is 2.41 bits per heavy atom. The lowest BCUT2D eigenvalue weighted by Gasteiger charge is -2.42. The van der Waals surface area contributed by atoms with Crippen LogP contribution in [-0.4, -0.2) is 20.8 Å². The predicted octanol–water partition coefficient (Wildman–Crippen LogP) is 2.85. The molecule has 2 rings (SSSR count). The molecule has 0 atom stereocenters. The van der Waals surface area contributed by atoms with Gasteiger partial charge < -0.3 is 15.2 Å². The maximum atomic E-state index is 5.95. The largest absolute Gasteiger partial charge is 0.493 e. The molecular weight excluding hydrogens is 282 g/mol. The monoisotopic (exact) mass is 299 g/mol. The highest BCUT2D eigenvalue weighted by atomic mass is 79.9. The van der Waals surface area contributed by atoms with Crippen molar-refractivity contribution in [1.29, 1.82) is 0 Å². The average Bonchev–Trinajstić information content (AvgIpc) is 2.27. The molecule has 0 aromatic heterocycles. The summed E-state index contributed by atoms with van der Waals surface area (Å²) in [6.07, 6.45) is 3.48. The summed E-state index contributed by atoms with van der Waals surface area (Å²) >= 11 is 3.52. The fourth-order valence-corrected chi connectivity index (χ4v) is 2.95. The van der Waals surface area contributed by atoms with E-state index in [1.165, 1.54) is 12.0 Å². The molecule has 0 spiro atoms. The van der Waals surface area contributed by atoms with Crippen LogP contribution in [0.2, 0.25) is 0 Å². The molecule has 0 radical (unpaired) electrons. The molecule has 1 aromatic rings. The van der Waals surface area contributed by atoms with Crippen molar-refractivity contribution < 1.29 is 9.47 Å². The molecular formula is C13H18BrNO2. The van der Waals surface area contributed by atoms with Crippen LogP contribution in [0.1, 0.15) is 24.8 Å². The topological polar surface area (TPSA) is 44.5 Å². The molecule has 94 valence electrons. The van der Waals surface area contributed by atoms with Crippen LogP contribution in [0, 0.1) is 0 Å². The lowest BCUT2D eigenvalue weighted by atomic mass is 9.64. The van der Waals surface area contributed by atoms with E-state index >= 15 is 0 Å². The number of hydrogen-bond acceptors (Lipinski definition) is 3. The van der Waals surface area contributed by atoms with E-state index in [0.29, 0.717) is 6.54 Å². The molecule has 0 saturated heterocycles. The minimum absolute atomic E-state index is 0.0718. The van der Waals surface area contributed by atoms with Crippen molar-refractivity contribution in [3.8, 4) is 11.5 Å². The van der Waals surface area contributed by atoms with E-state index < -0.39 is 0 Å². The van der Waals surface area contributed by atoms with E-state index in [1.54, 1.807) is 14.2 Å². The summed E-state index contributed by atoms with van der Waals surface area (Å²) in [6, 6.07) is 4.03. The quantitative estimate of drug-likeness (QED) is 0.930. The second kappa shape index (κ2) is 4.86. The van der Waals surface area contributed by atoms with Gasteiger partial charge in [0.1, 0.15) is 0 Å². The number of halogens is 1. The van der Waals surface area contributed by atoms with E-state index in [-0.39, 0.29) is 5.41 Å². The highest BCUT2D eigenvalue weighted by Gasteiger charge is 2.40. The first-order valence-electron chi connectivity index (χ1n) is 5.79. The summed E-state index contributed by atoms with van der Waals surface area (Å²) in [7, 11) is 3.34. The number of ether oxygens (including phenoxy) is 2. The van der Waals surface area contributed by atoms with Gasteiger partial charge in [0.05, 0.1) is 14.2 Å². The molecule has 0 bridgehead atoms. The summed E-state index contributed by atoms with van der Waals surface area (Å²) in [6.45, 7) is 0.656. The molecule has 1 saturated carbocycles. The van der Waals surface area contributed by atoms with E-state index in [1.807, 2.05) is 6.07 Å². The second-order valence-electron chi connectivity index (χ2n) is 4.53. The van der Waals surface area contributed by atoms with Gasteiger partial charge in [0.2, 0.25) is 0 Å². The van der Waals surface area contributed by atoms with Crippen molar-refractivity contribution in [1.82, 2.24) is 0 Å². The van der Waals surface area contributed by atoms with Crippen molar-refractivity contribution >= 4 is 15.9 Å². The zero-order chi connectivity index (χ0) is 12.5. The number of hydrogen-bond donors (Lipinski definition) is 1. The lowest BCUT2D eigenvalue weighted by Crippen LogP contribution is -2.41. The zero-order valence-corrected chi connectivity index (χ0v) is 11.8. The molecule has 1 aliphatic rings.